The second-order valence-corrected chi connectivity index (χ2v) is 7.77. The highest BCUT2D eigenvalue weighted by molar-refractivity contribution is 7.99. The van der Waals surface area contributed by atoms with Gasteiger partial charge < -0.3 is 10.6 Å². The Kier molecular flexibility index (Phi) is 6.34. The Bertz CT molecular complexity index is 774. The molecule has 4 nitrogen and oxygen atoms in total. The molecule has 0 saturated carbocycles. The summed E-state index contributed by atoms with van der Waals surface area (Å²) >= 11 is 1.73. The molecule has 5 heteroatoms. The third-order valence-corrected chi connectivity index (χ3v) is 5.56. The highest BCUT2D eigenvalue weighted by Crippen LogP contribution is 2.27. The predicted octanol–water partition coefficient (Wildman–Crippen LogP) is 3.79. The van der Waals surface area contributed by atoms with Crippen molar-refractivity contribution in [3.8, 4) is 0 Å². The van der Waals surface area contributed by atoms with Gasteiger partial charge >= 0.3 is 0 Å². The number of carbonyl (C=O) groups is 2. The van der Waals surface area contributed by atoms with E-state index in [-0.39, 0.29) is 17.7 Å². The summed E-state index contributed by atoms with van der Waals surface area (Å²) in [6.45, 7) is 2.71. The van der Waals surface area contributed by atoms with E-state index < -0.39 is 0 Å². The van der Waals surface area contributed by atoms with E-state index in [1.807, 2.05) is 24.3 Å². The molecule has 1 heterocycles. The number of hydrogen-bond donors (Lipinski definition) is 2. The summed E-state index contributed by atoms with van der Waals surface area (Å²) in [7, 11) is 0. The van der Waals surface area contributed by atoms with Crippen LogP contribution >= 0.6 is 11.8 Å². The first kappa shape index (κ1) is 18.5. The van der Waals surface area contributed by atoms with Gasteiger partial charge in [-0.25, -0.2) is 0 Å². The third-order valence-electron chi connectivity index (χ3n) is 4.55. The van der Waals surface area contributed by atoms with Gasteiger partial charge in [0.15, 0.2) is 0 Å². The summed E-state index contributed by atoms with van der Waals surface area (Å²) < 4.78 is 0. The number of aryl methyl sites for hydroxylation is 1. The first-order chi connectivity index (χ1) is 12.6. The third kappa shape index (κ3) is 5.11. The Labute approximate surface area is 158 Å². The largest absolute Gasteiger partial charge is 0.355 e. The summed E-state index contributed by atoms with van der Waals surface area (Å²) in [5.74, 6) is 0.747. The number of hydrogen-bond acceptors (Lipinski definition) is 3. The number of fused-ring (bicyclic) bond motifs is 1. The zero-order valence-electron chi connectivity index (χ0n) is 15.0. The van der Waals surface area contributed by atoms with Gasteiger partial charge in [0.25, 0.3) is 0 Å². The second kappa shape index (κ2) is 8.90. The van der Waals surface area contributed by atoms with E-state index in [9.17, 15) is 9.59 Å². The van der Waals surface area contributed by atoms with Crippen LogP contribution in [-0.4, -0.2) is 24.1 Å². The first-order valence-electron chi connectivity index (χ1n) is 8.97. The molecular formula is C21H24N2O2S. The van der Waals surface area contributed by atoms with Crippen LogP contribution in [-0.2, 0) is 16.0 Å². The van der Waals surface area contributed by atoms with E-state index >= 15 is 0 Å². The molecule has 3 rings (SSSR count). The van der Waals surface area contributed by atoms with Gasteiger partial charge in [-0.3, -0.25) is 9.59 Å². The van der Waals surface area contributed by atoms with Gasteiger partial charge in [-0.1, -0.05) is 35.9 Å². The van der Waals surface area contributed by atoms with Crippen molar-refractivity contribution in [2.24, 2.45) is 5.92 Å². The van der Waals surface area contributed by atoms with E-state index in [0.717, 1.165) is 17.0 Å². The summed E-state index contributed by atoms with van der Waals surface area (Å²) in [5, 5.41) is 5.88. The van der Waals surface area contributed by atoms with Crippen molar-refractivity contribution in [2.45, 2.75) is 31.1 Å². The lowest BCUT2D eigenvalue weighted by atomic mass is 9.89. The van der Waals surface area contributed by atoms with Crippen LogP contribution in [0.2, 0.25) is 0 Å². The number of thioether (sulfide) groups is 1. The number of amides is 2. The van der Waals surface area contributed by atoms with Crippen LogP contribution < -0.4 is 10.6 Å². The van der Waals surface area contributed by atoms with Crippen molar-refractivity contribution in [1.82, 2.24) is 5.32 Å². The molecule has 26 heavy (non-hydrogen) atoms. The fraction of sp³-hybridized carbons (Fsp3) is 0.333. The minimum atomic E-state index is -0.127. The zero-order valence-corrected chi connectivity index (χ0v) is 15.8. The van der Waals surface area contributed by atoms with Gasteiger partial charge in [0.05, 0.1) is 0 Å². The first-order valence-corrected chi connectivity index (χ1v) is 9.95. The molecule has 0 spiro atoms. The number of para-hydroxylation sites is 1. The molecule has 1 atom stereocenters. The number of carbonyl (C=O) groups excluding carboxylic acids is 2. The Hall–Kier alpha value is -2.27. The highest BCUT2D eigenvalue weighted by atomic mass is 32.2. The molecule has 1 unspecified atom stereocenters. The monoisotopic (exact) mass is 368 g/mol. The van der Waals surface area contributed by atoms with Gasteiger partial charge in [0.2, 0.25) is 11.8 Å². The second-order valence-electron chi connectivity index (χ2n) is 6.60. The fourth-order valence-corrected chi connectivity index (χ4v) is 3.80. The quantitative estimate of drug-likeness (QED) is 0.577. The van der Waals surface area contributed by atoms with Crippen LogP contribution in [0.15, 0.2) is 53.4 Å². The molecule has 0 radical (unpaired) electrons. The molecule has 1 aliphatic rings. The molecule has 0 fully saturated rings. The van der Waals surface area contributed by atoms with Crippen molar-refractivity contribution in [3.63, 3.8) is 0 Å². The van der Waals surface area contributed by atoms with Gasteiger partial charge in [0.1, 0.15) is 0 Å². The molecular weight excluding hydrogens is 344 g/mol. The molecule has 1 aliphatic heterocycles. The van der Waals surface area contributed by atoms with Gasteiger partial charge in [-0.05, 0) is 43.5 Å². The lowest BCUT2D eigenvalue weighted by Crippen LogP contribution is -2.32. The summed E-state index contributed by atoms with van der Waals surface area (Å²) in [6.07, 6.45) is 1.67. The number of rotatable bonds is 7. The smallest absolute Gasteiger partial charge is 0.227 e. The molecule has 136 valence electrons. The van der Waals surface area contributed by atoms with Crippen LogP contribution in [0.25, 0.3) is 0 Å². The summed E-state index contributed by atoms with van der Waals surface area (Å²) in [5.41, 5.74) is 3.29. The molecule has 0 aromatic heterocycles. The molecule has 0 aliphatic carbocycles. The highest BCUT2D eigenvalue weighted by Gasteiger charge is 2.26. The molecule has 0 saturated heterocycles. The van der Waals surface area contributed by atoms with Crippen LogP contribution in [0.4, 0.5) is 5.69 Å². The van der Waals surface area contributed by atoms with Gasteiger partial charge in [-0.15, -0.1) is 11.8 Å². The van der Waals surface area contributed by atoms with Crippen molar-refractivity contribution in [1.29, 1.82) is 0 Å². The van der Waals surface area contributed by atoms with Crippen molar-refractivity contribution in [2.75, 3.05) is 17.6 Å². The van der Waals surface area contributed by atoms with Crippen LogP contribution in [0.5, 0.6) is 0 Å². The van der Waals surface area contributed by atoms with E-state index in [0.29, 0.717) is 25.8 Å². The van der Waals surface area contributed by atoms with Crippen molar-refractivity contribution >= 4 is 29.3 Å². The number of anilines is 1. The van der Waals surface area contributed by atoms with Gasteiger partial charge in [-0.2, -0.15) is 0 Å². The van der Waals surface area contributed by atoms with Crippen LogP contribution in [0, 0.1) is 12.8 Å². The molecule has 2 N–H and O–H groups in total. The van der Waals surface area contributed by atoms with Crippen molar-refractivity contribution < 1.29 is 9.59 Å². The average Bonchev–Trinajstić information content (AvgIpc) is 2.65. The van der Waals surface area contributed by atoms with E-state index in [2.05, 4.69) is 41.8 Å². The minimum Gasteiger partial charge on any atom is -0.355 e. The minimum absolute atomic E-state index is 0.0150. The number of nitrogens with one attached hydrogen (secondary N) is 2. The summed E-state index contributed by atoms with van der Waals surface area (Å²) in [6, 6.07) is 16.2. The molecule has 2 amide bonds. The SMILES string of the molecule is Cc1ccc(SCCNC(=O)CCC2Cc3ccccc3NC2=O)cc1. The maximum Gasteiger partial charge on any atom is 0.227 e. The van der Waals surface area contributed by atoms with E-state index in [1.54, 1.807) is 11.8 Å². The van der Waals surface area contributed by atoms with Crippen molar-refractivity contribution in [3.05, 3.63) is 59.7 Å². The van der Waals surface area contributed by atoms with Crippen LogP contribution in [0.3, 0.4) is 0 Å². The van der Waals surface area contributed by atoms with E-state index in [1.165, 1.54) is 10.5 Å². The Morgan fingerprint density at radius 3 is 2.77 bits per heavy atom. The normalized spacial score (nSPS) is 15.9. The zero-order chi connectivity index (χ0) is 18.4. The standard InChI is InChI=1S/C21H24N2O2S/c1-15-6-9-18(10-7-15)26-13-12-22-20(24)11-8-17-14-16-4-2-3-5-19(16)23-21(17)25/h2-7,9-10,17H,8,11-14H2,1H3,(H,22,24)(H,23,25). The Morgan fingerprint density at radius 2 is 1.96 bits per heavy atom. The van der Waals surface area contributed by atoms with E-state index in [4.69, 9.17) is 0 Å². The lowest BCUT2D eigenvalue weighted by molar-refractivity contribution is -0.122. The predicted molar refractivity (Wildman–Crippen MR) is 106 cm³/mol. The van der Waals surface area contributed by atoms with Gasteiger partial charge in [0, 0.05) is 35.2 Å². The van der Waals surface area contributed by atoms with Crippen LogP contribution in [0.1, 0.15) is 24.0 Å². The maximum atomic E-state index is 12.2. The fourth-order valence-electron chi connectivity index (χ4n) is 3.03. The summed E-state index contributed by atoms with van der Waals surface area (Å²) in [4.78, 5) is 25.4. The average molecular weight is 369 g/mol. The molecule has 2 aromatic carbocycles. The number of benzene rings is 2. The Morgan fingerprint density at radius 1 is 1.19 bits per heavy atom. The maximum absolute atomic E-state index is 12.2. The molecule has 2 aromatic rings. The topological polar surface area (TPSA) is 58.2 Å². The molecule has 0 bridgehead atoms. The lowest BCUT2D eigenvalue weighted by Gasteiger charge is -2.24. The Balaban J connectivity index is 1.36.